The minimum Gasteiger partial charge on any atom is -0.459 e. The standard InChI is InChI=1S/C34H47N5O6/c35-45-21-20-37-32(29-18-10-11-19-36-29)38-30(22-26-12-4-1-5-13-26)33(41)39(34(42)44-25-28-16-8-3-9-17-28)23-31(40)43-24-27-14-6-2-7-15-27/h2-3,6-9,14-17,26,29-30,36H,1,4-5,10-13,18-25,35H2,(H,37,38)/t29-,30+/m0/s1. The van der Waals surface area contributed by atoms with E-state index in [1.54, 1.807) is 0 Å². The van der Waals surface area contributed by atoms with Crippen molar-refractivity contribution in [3.8, 4) is 0 Å². The smallest absolute Gasteiger partial charge is 0.417 e. The second kappa shape index (κ2) is 18.9. The van der Waals surface area contributed by atoms with Gasteiger partial charge in [-0.05, 0) is 42.9 Å². The van der Waals surface area contributed by atoms with E-state index in [1.807, 2.05) is 60.7 Å². The van der Waals surface area contributed by atoms with E-state index in [1.165, 1.54) is 6.42 Å². The quantitative estimate of drug-likeness (QED) is 0.0927. The maximum absolute atomic E-state index is 14.4. The summed E-state index contributed by atoms with van der Waals surface area (Å²) >= 11 is 0. The van der Waals surface area contributed by atoms with E-state index in [9.17, 15) is 14.4 Å². The first-order valence-electron chi connectivity index (χ1n) is 16.1. The van der Waals surface area contributed by atoms with Crippen molar-refractivity contribution in [1.82, 2.24) is 15.5 Å². The van der Waals surface area contributed by atoms with E-state index in [2.05, 4.69) is 10.6 Å². The van der Waals surface area contributed by atoms with Crippen molar-refractivity contribution in [3.63, 3.8) is 0 Å². The number of ether oxygens (including phenoxy) is 2. The van der Waals surface area contributed by atoms with E-state index in [4.69, 9.17) is 25.2 Å². The van der Waals surface area contributed by atoms with Crippen molar-refractivity contribution in [2.75, 3.05) is 26.2 Å². The summed E-state index contributed by atoms with van der Waals surface area (Å²) in [6.07, 6.45) is 7.90. The summed E-state index contributed by atoms with van der Waals surface area (Å²) in [6, 6.07) is 17.6. The van der Waals surface area contributed by atoms with Crippen molar-refractivity contribution in [3.05, 3.63) is 71.8 Å². The molecular weight excluding hydrogens is 574 g/mol. The minimum atomic E-state index is -0.901. The molecule has 2 fully saturated rings. The molecule has 45 heavy (non-hydrogen) atoms. The summed E-state index contributed by atoms with van der Waals surface area (Å²) in [5.41, 5.74) is 1.57. The number of hydrogen-bond donors (Lipinski definition) is 3. The molecule has 2 amide bonds. The largest absolute Gasteiger partial charge is 0.459 e. The summed E-state index contributed by atoms with van der Waals surface area (Å²) in [5, 5.41) is 6.90. The Labute approximate surface area is 265 Å². The van der Waals surface area contributed by atoms with Gasteiger partial charge in [-0.2, -0.15) is 0 Å². The molecule has 2 aromatic rings. The third kappa shape index (κ3) is 11.6. The van der Waals surface area contributed by atoms with Gasteiger partial charge in [-0.25, -0.2) is 15.6 Å². The molecule has 11 nitrogen and oxygen atoms in total. The third-order valence-corrected chi connectivity index (χ3v) is 8.27. The number of amidine groups is 1. The van der Waals surface area contributed by atoms with Gasteiger partial charge in [0.05, 0.1) is 19.2 Å². The predicted octanol–water partition coefficient (Wildman–Crippen LogP) is 4.25. The lowest BCUT2D eigenvalue weighted by atomic mass is 9.84. The van der Waals surface area contributed by atoms with Gasteiger partial charge in [0, 0.05) is 0 Å². The molecule has 1 aliphatic carbocycles. The summed E-state index contributed by atoms with van der Waals surface area (Å²) in [7, 11) is 0. The van der Waals surface area contributed by atoms with Crippen LogP contribution in [0.15, 0.2) is 65.7 Å². The van der Waals surface area contributed by atoms with Crippen molar-refractivity contribution >= 4 is 23.8 Å². The third-order valence-electron chi connectivity index (χ3n) is 8.27. The number of imide groups is 1. The Balaban J connectivity index is 1.56. The Morgan fingerprint density at radius 3 is 2.16 bits per heavy atom. The molecule has 1 saturated carbocycles. The van der Waals surface area contributed by atoms with Crippen LogP contribution < -0.4 is 16.5 Å². The Morgan fingerprint density at radius 1 is 0.889 bits per heavy atom. The molecule has 4 rings (SSSR count). The van der Waals surface area contributed by atoms with Crippen LogP contribution in [0.2, 0.25) is 0 Å². The number of amides is 2. The van der Waals surface area contributed by atoms with Gasteiger partial charge in [0.1, 0.15) is 31.6 Å². The van der Waals surface area contributed by atoms with Crippen LogP contribution in [-0.2, 0) is 37.1 Å². The first-order valence-corrected chi connectivity index (χ1v) is 16.1. The van der Waals surface area contributed by atoms with Gasteiger partial charge >= 0.3 is 12.1 Å². The average molecular weight is 622 g/mol. The Hall–Kier alpha value is -3.80. The van der Waals surface area contributed by atoms with Crippen LogP contribution in [-0.4, -0.2) is 67.0 Å². The first kappa shape index (κ1) is 34.1. The minimum absolute atomic E-state index is 0.0257. The van der Waals surface area contributed by atoms with Crippen molar-refractivity contribution < 1.29 is 28.7 Å². The van der Waals surface area contributed by atoms with E-state index in [-0.39, 0.29) is 25.9 Å². The van der Waals surface area contributed by atoms with Gasteiger partial charge < -0.3 is 24.9 Å². The molecule has 0 aromatic heterocycles. The molecule has 1 heterocycles. The number of aliphatic imine (C=N–C) groups is 1. The van der Waals surface area contributed by atoms with Crippen LogP contribution in [0.25, 0.3) is 0 Å². The Kier molecular flexibility index (Phi) is 14.3. The maximum atomic E-state index is 14.4. The molecule has 0 spiro atoms. The second-order valence-corrected chi connectivity index (χ2v) is 11.7. The lowest BCUT2D eigenvalue weighted by molar-refractivity contribution is -0.150. The highest BCUT2D eigenvalue weighted by molar-refractivity contribution is 6.00. The summed E-state index contributed by atoms with van der Waals surface area (Å²) in [6.45, 7) is 0.793. The Morgan fingerprint density at radius 2 is 1.53 bits per heavy atom. The van der Waals surface area contributed by atoms with Gasteiger partial charge in [0.2, 0.25) is 0 Å². The molecule has 4 N–H and O–H groups in total. The van der Waals surface area contributed by atoms with Crippen LogP contribution in [0.3, 0.4) is 0 Å². The van der Waals surface area contributed by atoms with Gasteiger partial charge in [0.15, 0.2) is 0 Å². The number of piperidine rings is 1. The zero-order chi connectivity index (χ0) is 31.7. The van der Waals surface area contributed by atoms with E-state index in [0.717, 1.165) is 67.5 Å². The predicted molar refractivity (Wildman–Crippen MR) is 171 cm³/mol. The van der Waals surface area contributed by atoms with Gasteiger partial charge in [-0.3, -0.25) is 14.6 Å². The van der Waals surface area contributed by atoms with E-state index in [0.29, 0.717) is 24.7 Å². The molecule has 0 radical (unpaired) electrons. The van der Waals surface area contributed by atoms with Crippen LogP contribution in [0.4, 0.5) is 4.79 Å². The van der Waals surface area contributed by atoms with Crippen LogP contribution in [0.1, 0.15) is 68.9 Å². The molecule has 2 atom stereocenters. The molecule has 1 saturated heterocycles. The van der Waals surface area contributed by atoms with Crippen molar-refractivity contribution in [2.45, 2.75) is 83.1 Å². The molecule has 0 unspecified atom stereocenters. The molecule has 0 bridgehead atoms. The van der Waals surface area contributed by atoms with Crippen LogP contribution >= 0.6 is 0 Å². The fraction of sp³-hybridized carbons (Fsp3) is 0.529. The molecular formula is C34H47N5O6. The normalized spacial score (nSPS) is 18.1. The highest BCUT2D eigenvalue weighted by Gasteiger charge is 2.35. The number of nitrogens with one attached hydrogen (secondary N) is 2. The van der Waals surface area contributed by atoms with Crippen LogP contribution in [0, 0.1) is 5.92 Å². The lowest BCUT2D eigenvalue weighted by Gasteiger charge is -2.33. The lowest BCUT2D eigenvalue weighted by Crippen LogP contribution is -2.56. The number of carbonyl (C=O) groups excluding carboxylic acids is 3. The maximum Gasteiger partial charge on any atom is 0.417 e. The van der Waals surface area contributed by atoms with Crippen molar-refractivity contribution in [2.24, 2.45) is 16.8 Å². The topological polar surface area (TPSA) is 145 Å². The zero-order valence-corrected chi connectivity index (χ0v) is 26.0. The fourth-order valence-corrected chi connectivity index (χ4v) is 5.85. The molecule has 2 aromatic carbocycles. The number of esters is 1. The number of benzene rings is 2. The number of nitrogens with zero attached hydrogens (tertiary/aromatic N) is 2. The molecule has 244 valence electrons. The zero-order valence-electron chi connectivity index (χ0n) is 26.0. The SMILES string of the molecule is NOCCN=C(N[C@H](CC1CCCCC1)C(=O)N(CC(=O)OCc1ccccc1)C(=O)OCc1ccccc1)[C@@H]1CCCCN1. The van der Waals surface area contributed by atoms with Gasteiger partial charge in [0.25, 0.3) is 5.91 Å². The molecule has 11 heteroatoms. The highest BCUT2D eigenvalue weighted by atomic mass is 16.6. The van der Waals surface area contributed by atoms with Gasteiger partial charge in [-0.1, -0.05) is 99.2 Å². The van der Waals surface area contributed by atoms with Crippen LogP contribution in [0.5, 0.6) is 0 Å². The number of rotatable bonds is 14. The van der Waals surface area contributed by atoms with E-state index >= 15 is 0 Å². The highest BCUT2D eigenvalue weighted by Crippen LogP contribution is 2.28. The monoisotopic (exact) mass is 621 g/mol. The number of nitrogens with two attached hydrogens (primary N) is 1. The first-order chi connectivity index (χ1) is 22.0. The van der Waals surface area contributed by atoms with Crippen molar-refractivity contribution in [1.29, 1.82) is 0 Å². The average Bonchev–Trinajstić information content (AvgIpc) is 3.09. The number of carbonyl (C=O) groups is 3. The molecule has 2 aliphatic rings. The Bertz CT molecular complexity index is 1220. The van der Waals surface area contributed by atoms with Gasteiger partial charge in [-0.15, -0.1) is 0 Å². The second-order valence-electron chi connectivity index (χ2n) is 11.7. The summed E-state index contributed by atoms with van der Waals surface area (Å²) in [4.78, 5) is 51.3. The molecule has 1 aliphatic heterocycles. The summed E-state index contributed by atoms with van der Waals surface area (Å²) < 4.78 is 11.0. The van der Waals surface area contributed by atoms with E-state index < -0.39 is 30.6 Å². The summed E-state index contributed by atoms with van der Waals surface area (Å²) in [5.74, 6) is 4.93. The fourth-order valence-electron chi connectivity index (χ4n) is 5.85. The number of hydrogen-bond acceptors (Lipinski definition) is 9.